The Labute approximate surface area is 171 Å². The van der Waals surface area contributed by atoms with Crippen LogP contribution in [-0.4, -0.2) is 15.5 Å². The molecule has 0 spiro atoms. The van der Waals surface area contributed by atoms with Crippen molar-refractivity contribution < 1.29 is 13.9 Å². The van der Waals surface area contributed by atoms with Gasteiger partial charge in [-0.15, -0.1) is 5.10 Å². The molecule has 1 heterocycles. The summed E-state index contributed by atoms with van der Waals surface area (Å²) in [5.41, 5.74) is 2.77. The summed E-state index contributed by atoms with van der Waals surface area (Å²) in [6.45, 7) is 0.472. The molecule has 0 aliphatic heterocycles. The third kappa shape index (κ3) is 4.64. The molecule has 4 rings (SSSR count). The lowest BCUT2D eigenvalue weighted by atomic mass is 10.1. The predicted octanol–water partition coefficient (Wildman–Crippen LogP) is 5.18. The highest BCUT2D eigenvalue weighted by Crippen LogP contribution is 2.25. The van der Waals surface area contributed by atoms with E-state index in [1.807, 2.05) is 30.3 Å². The van der Waals surface area contributed by atoms with E-state index in [9.17, 15) is 9.18 Å². The molecule has 0 unspecified atom stereocenters. The zero-order valence-corrected chi connectivity index (χ0v) is 16.0. The minimum Gasteiger partial charge on any atom is -0.489 e. The van der Waals surface area contributed by atoms with Crippen molar-refractivity contribution in [3.8, 4) is 17.0 Å². The zero-order valence-electron chi connectivity index (χ0n) is 15.2. The summed E-state index contributed by atoms with van der Waals surface area (Å²) in [4.78, 5) is 13.0. The topological polar surface area (TPSA) is 64.1 Å². The molecule has 0 fully saturated rings. The first kappa shape index (κ1) is 18.8. The maximum absolute atomic E-state index is 13.1. The van der Waals surface area contributed by atoms with Crippen LogP contribution in [0.3, 0.4) is 0 Å². The molecule has 0 aliphatic rings. The quantitative estimate of drug-likeness (QED) is 0.480. The van der Waals surface area contributed by atoms with Crippen LogP contribution in [0.25, 0.3) is 11.3 Å². The first-order valence-corrected chi connectivity index (χ1v) is 9.63. The average molecular weight is 405 g/mol. The van der Waals surface area contributed by atoms with E-state index in [0.717, 1.165) is 17.1 Å². The van der Waals surface area contributed by atoms with Gasteiger partial charge in [-0.25, -0.2) is 4.39 Å². The Kier molecular flexibility index (Phi) is 5.58. The Balaban J connectivity index is 1.41. The zero-order chi connectivity index (χ0) is 20.1. The number of anilines is 1. The molecular weight excluding hydrogens is 389 g/mol. The Bertz CT molecular complexity index is 1100. The van der Waals surface area contributed by atoms with Gasteiger partial charge in [-0.05, 0) is 65.6 Å². The molecule has 0 saturated heterocycles. The number of nitrogens with one attached hydrogen (secondary N) is 1. The van der Waals surface area contributed by atoms with Crippen molar-refractivity contribution in [2.45, 2.75) is 6.61 Å². The standard InChI is InChI=1S/C22H16FN3O2S/c23-17-8-6-16(7-9-17)20-21(29-26-25-20)22(27)24-18-10-12-19(13-11-18)28-14-15-4-2-1-3-5-15/h1-13H,14H2,(H,24,27). The van der Waals surface area contributed by atoms with Crippen molar-refractivity contribution in [1.82, 2.24) is 9.59 Å². The number of benzene rings is 3. The number of carbonyl (C=O) groups excluding carboxylic acids is 1. The normalized spacial score (nSPS) is 10.5. The van der Waals surface area contributed by atoms with Crippen molar-refractivity contribution in [2.24, 2.45) is 0 Å². The highest BCUT2D eigenvalue weighted by atomic mass is 32.1. The molecule has 144 valence electrons. The van der Waals surface area contributed by atoms with Gasteiger partial charge in [-0.3, -0.25) is 4.79 Å². The minimum atomic E-state index is -0.350. The van der Waals surface area contributed by atoms with Gasteiger partial charge in [0.1, 0.15) is 28.7 Å². The fourth-order valence-corrected chi connectivity index (χ4v) is 3.28. The number of rotatable bonds is 6. The lowest BCUT2D eigenvalue weighted by molar-refractivity contribution is 0.103. The number of hydrogen-bond acceptors (Lipinski definition) is 5. The predicted molar refractivity (Wildman–Crippen MR) is 110 cm³/mol. The molecule has 0 saturated carbocycles. The van der Waals surface area contributed by atoms with Crippen LogP contribution in [0.5, 0.6) is 5.75 Å². The van der Waals surface area contributed by atoms with E-state index in [0.29, 0.717) is 34.2 Å². The lowest BCUT2D eigenvalue weighted by Gasteiger charge is -2.08. The molecule has 0 bridgehead atoms. The van der Waals surface area contributed by atoms with E-state index < -0.39 is 0 Å². The molecule has 1 N–H and O–H groups in total. The van der Waals surface area contributed by atoms with Gasteiger partial charge in [0.25, 0.3) is 5.91 Å². The Morgan fingerprint density at radius 3 is 2.41 bits per heavy atom. The van der Waals surface area contributed by atoms with Crippen molar-refractivity contribution in [3.05, 3.63) is 95.1 Å². The van der Waals surface area contributed by atoms with Gasteiger partial charge >= 0.3 is 0 Å². The number of nitrogens with zero attached hydrogens (tertiary/aromatic N) is 2. The minimum absolute atomic E-state index is 0.322. The van der Waals surface area contributed by atoms with E-state index >= 15 is 0 Å². The monoisotopic (exact) mass is 405 g/mol. The molecular formula is C22H16FN3O2S. The second-order valence-corrected chi connectivity index (χ2v) is 6.96. The summed E-state index contributed by atoms with van der Waals surface area (Å²) in [7, 11) is 0. The first-order chi connectivity index (χ1) is 14.2. The summed E-state index contributed by atoms with van der Waals surface area (Å²) in [6, 6.07) is 22.8. The van der Waals surface area contributed by atoms with Crippen LogP contribution in [-0.2, 0) is 6.61 Å². The Morgan fingerprint density at radius 2 is 1.69 bits per heavy atom. The molecule has 0 aliphatic carbocycles. The molecule has 5 nitrogen and oxygen atoms in total. The summed E-state index contributed by atoms with van der Waals surface area (Å²) in [5.74, 6) is 0.0353. The second-order valence-electron chi connectivity index (χ2n) is 6.21. The van der Waals surface area contributed by atoms with E-state index in [1.165, 1.54) is 12.1 Å². The summed E-state index contributed by atoms with van der Waals surface area (Å²) < 4.78 is 22.8. The number of halogens is 1. The molecule has 3 aromatic carbocycles. The van der Waals surface area contributed by atoms with Crippen molar-refractivity contribution in [2.75, 3.05) is 5.32 Å². The summed E-state index contributed by atoms with van der Waals surface area (Å²) in [5, 5.41) is 6.84. The highest BCUT2D eigenvalue weighted by molar-refractivity contribution is 7.08. The third-order valence-electron chi connectivity index (χ3n) is 4.17. The van der Waals surface area contributed by atoms with Crippen molar-refractivity contribution >= 4 is 23.1 Å². The first-order valence-electron chi connectivity index (χ1n) is 8.85. The van der Waals surface area contributed by atoms with Gasteiger partial charge in [0.2, 0.25) is 0 Å². The maximum atomic E-state index is 13.1. The van der Waals surface area contributed by atoms with Gasteiger partial charge in [-0.2, -0.15) is 0 Å². The third-order valence-corrected chi connectivity index (χ3v) is 4.90. The Morgan fingerprint density at radius 1 is 0.966 bits per heavy atom. The van der Waals surface area contributed by atoms with Crippen LogP contribution < -0.4 is 10.1 Å². The lowest BCUT2D eigenvalue weighted by Crippen LogP contribution is -2.11. The molecule has 0 atom stereocenters. The van der Waals surface area contributed by atoms with Crippen LogP contribution in [0.1, 0.15) is 15.2 Å². The largest absolute Gasteiger partial charge is 0.489 e. The maximum Gasteiger partial charge on any atom is 0.269 e. The van der Waals surface area contributed by atoms with Crippen LogP contribution in [0.2, 0.25) is 0 Å². The van der Waals surface area contributed by atoms with Crippen LogP contribution >= 0.6 is 11.5 Å². The number of hydrogen-bond donors (Lipinski definition) is 1. The van der Waals surface area contributed by atoms with E-state index in [2.05, 4.69) is 14.9 Å². The summed E-state index contributed by atoms with van der Waals surface area (Å²) in [6.07, 6.45) is 0. The van der Waals surface area contributed by atoms with Crippen molar-refractivity contribution in [3.63, 3.8) is 0 Å². The van der Waals surface area contributed by atoms with Crippen molar-refractivity contribution in [1.29, 1.82) is 0 Å². The van der Waals surface area contributed by atoms with Crippen LogP contribution in [0.4, 0.5) is 10.1 Å². The van der Waals surface area contributed by atoms with Gasteiger partial charge < -0.3 is 10.1 Å². The molecule has 29 heavy (non-hydrogen) atoms. The number of ether oxygens (including phenoxy) is 1. The molecule has 7 heteroatoms. The second kappa shape index (κ2) is 8.62. The number of amides is 1. The molecule has 1 amide bonds. The smallest absolute Gasteiger partial charge is 0.269 e. The average Bonchev–Trinajstić information content (AvgIpc) is 3.25. The molecule has 1 aromatic heterocycles. The van der Waals surface area contributed by atoms with Gasteiger partial charge in [-0.1, -0.05) is 34.8 Å². The van der Waals surface area contributed by atoms with Gasteiger partial charge in [0.05, 0.1) is 0 Å². The fourth-order valence-electron chi connectivity index (χ4n) is 2.70. The molecule has 0 radical (unpaired) electrons. The highest BCUT2D eigenvalue weighted by Gasteiger charge is 2.18. The Hall–Kier alpha value is -3.58. The van der Waals surface area contributed by atoms with E-state index in [4.69, 9.17) is 4.74 Å². The SMILES string of the molecule is O=C(Nc1ccc(OCc2ccccc2)cc1)c1snnc1-c1ccc(F)cc1. The fraction of sp³-hybridized carbons (Fsp3) is 0.0455. The number of carbonyl (C=O) groups is 1. The van der Waals surface area contributed by atoms with Gasteiger partial charge in [0, 0.05) is 11.3 Å². The van der Waals surface area contributed by atoms with Gasteiger partial charge in [0.15, 0.2) is 0 Å². The number of aromatic nitrogens is 2. The van der Waals surface area contributed by atoms with Crippen LogP contribution in [0, 0.1) is 5.82 Å². The summed E-state index contributed by atoms with van der Waals surface area (Å²) >= 11 is 0.993. The molecule has 4 aromatic rings. The van der Waals surface area contributed by atoms with E-state index in [1.54, 1.807) is 36.4 Å². The van der Waals surface area contributed by atoms with Crippen LogP contribution in [0.15, 0.2) is 78.9 Å². The van der Waals surface area contributed by atoms with E-state index in [-0.39, 0.29) is 11.7 Å².